The predicted octanol–water partition coefficient (Wildman–Crippen LogP) is 1.24. The quantitative estimate of drug-likeness (QED) is 0.634. The largest absolute Gasteiger partial charge is 0.399 e. The lowest BCUT2D eigenvalue weighted by Crippen LogP contribution is -2.48. The van der Waals surface area contributed by atoms with Crippen LogP contribution in [0.5, 0.6) is 0 Å². The zero-order valence-electron chi connectivity index (χ0n) is 10.1. The van der Waals surface area contributed by atoms with Gasteiger partial charge in [0.25, 0.3) is 0 Å². The molecule has 0 saturated carbocycles. The van der Waals surface area contributed by atoms with Gasteiger partial charge in [0.05, 0.1) is 5.69 Å². The van der Waals surface area contributed by atoms with E-state index in [1.807, 2.05) is 4.90 Å². The maximum Gasteiger partial charge on any atom is 0.246 e. The van der Waals surface area contributed by atoms with E-state index < -0.39 is 0 Å². The van der Waals surface area contributed by atoms with E-state index in [0.717, 1.165) is 0 Å². The average Bonchev–Trinajstić information content (AvgIpc) is 2.38. The van der Waals surface area contributed by atoms with Crippen molar-refractivity contribution in [2.75, 3.05) is 36.8 Å². The Morgan fingerprint density at radius 1 is 1.33 bits per heavy atom. The van der Waals surface area contributed by atoms with Crippen LogP contribution < -0.4 is 10.6 Å². The van der Waals surface area contributed by atoms with Gasteiger partial charge >= 0.3 is 0 Å². The molecule has 1 heterocycles. The molecule has 0 aliphatic carbocycles. The van der Waals surface area contributed by atoms with Gasteiger partial charge in [0, 0.05) is 31.9 Å². The molecule has 1 fully saturated rings. The minimum atomic E-state index is -0.321. The molecule has 1 aromatic rings. The fourth-order valence-corrected chi connectivity index (χ4v) is 2.08. The summed E-state index contributed by atoms with van der Waals surface area (Å²) in [6.07, 6.45) is 1.31. The number of anilines is 2. The third-order valence-corrected chi connectivity index (χ3v) is 3.08. The molecule has 0 unspecified atom stereocenters. The van der Waals surface area contributed by atoms with Crippen LogP contribution in [0, 0.1) is 5.82 Å². The highest BCUT2D eigenvalue weighted by Crippen LogP contribution is 2.22. The lowest BCUT2D eigenvalue weighted by Gasteiger charge is -2.35. The SMILES string of the molecule is C=CC(=O)N1CCN(c2ccc(N)cc2F)CC1. The Hall–Kier alpha value is -2.04. The standard InChI is InChI=1S/C13H16FN3O/c1-2-13(18)17-7-5-16(6-8-17)12-4-3-10(15)9-11(12)14/h2-4,9H,1,5-8,15H2. The molecule has 1 amide bonds. The van der Waals surface area contributed by atoms with Crippen LogP contribution in [-0.4, -0.2) is 37.0 Å². The van der Waals surface area contributed by atoms with Crippen LogP contribution in [0.3, 0.4) is 0 Å². The summed E-state index contributed by atoms with van der Waals surface area (Å²) >= 11 is 0. The predicted molar refractivity (Wildman–Crippen MR) is 69.8 cm³/mol. The number of nitrogen functional groups attached to an aromatic ring is 1. The van der Waals surface area contributed by atoms with E-state index >= 15 is 0 Å². The van der Waals surface area contributed by atoms with Gasteiger partial charge in [-0.25, -0.2) is 4.39 Å². The van der Waals surface area contributed by atoms with Crippen LogP contribution in [-0.2, 0) is 4.79 Å². The minimum Gasteiger partial charge on any atom is -0.399 e. The smallest absolute Gasteiger partial charge is 0.246 e. The molecule has 0 atom stereocenters. The van der Waals surface area contributed by atoms with Gasteiger partial charge in [-0.15, -0.1) is 0 Å². The van der Waals surface area contributed by atoms with Crippen molar-refractivity contribution >= 4 is 17.3 Å². The van der Waals surface area contributed by atoms with Crippen molar-refractivity contribution < 1.29 is 9.18 Å². The number of amides is 1. The maximum atomic E-state index is 13.7. The number of piperazine rings is 1. The number of hydrogen-bond acceptors (Lipinski definition) is 3. The fraction of sp³-hybridized carbons (Fsp3) is 0.308. The molecule has 4 nitrogen and oxygen atoms in total. The molecule has 0 radical (unpaired) electrons. The summed E-state index contributed by atoms with van der Waals surface area (Å²) in [4.78, 5) is 15.0. The second-order valence-electron chi connectivity index (χ2n) is 4.23. The Bertz CT molecular complexity index is 467. The zero-order valence-corrected chi connectivity index (χ0v) is 10.1. The monoisotopic (exact) mass is 249 g/mol. The number of rotatable bonds is 2. The average molecular weight is 249 g/mol. The van der Waals surface area contributed by atoms with E-state index in [4.69, 9.17) is 5.73 Å². The number of nitrogens with zero attached hydrogens (tertiary/aromatic N) is 2. The second-order valence-corrected chi connectivity index (χ2v) is 4.23. The van der Waals surface area contributed by atoms with Gasteiger partial charge in [-0.05, 0) is 24.3 Å². The summed E-state index contributed by atoms with van der Waals surface area (Å²) in [6, 6.07) is 4.67. The maximum absolute atomic E-state index is 13.7. The first kappa shape index (κ1) is 12.4. The third kappa shape index (κ3) is 2.45. The van der Waals surface area contributed by atoms with E-state index in [9.17, 15) is 9.18 Å². The Morgan fingerprint density at radius 2 is 2.00 bits per heavy atom. The van der Waals surface area contributed by atoms with E-state index in [1.54, 1.807) is 17.0 Å². The van der Waals surface area contributed by atoms with Crippen molar-refractivity contribution in [2.45, 2.75) is 0 Å². The Balaban J connectivity index is 2.05. The molecule has 0 spiro atoms. The van der Waals surface area contributed by atoms with Gasteiger partial charge in [-0.1, -0.05) is 6.58 Å². The molecule has 1 aliphatic rings. The topological polar surface area (TPSA) is 49.6 Å². The number of nitrogens with two attached hydrogens (primary N) is 1. The van der Waals surface area contributed by atoms with Crippen molar-refractivity contribution in [1.82, 2.24) is 4.90 Å². The molecule has 1 saturated heterocycles. The Morgan fingerprint density at radius 3 is 2.56 bits per heavy atom. The van der Waals surface area contributed by atoms with Crippen molar-refractivity contribution in [3.8, 4) is 0 Å². The van der Waals surface area contributed by atoms with Crippen LogP contribution in [0.15, 0.2) is 30.9 Å². The molecule has 2 N–H and O–H groups in total. The summed E-state index contributed by atoms with van der Waals surface area (Å²) in [7, 11) is 0. The van der Waals surface area contributed by atoms with E-state index in [1.165, 1.54) is 12.1 Å². The van der Waals surface area contributed by atoms with Gasteiger partial charge in [0.15, 0.2) is 0 Å². The first-order chi connectivity index (χ1) is 8.61. The zero-order chi connectivity index (χ0) is 13.1. The normalized spacial score (nSPS) is 15.6. The molecular formula is C13H16FN3O. The molecule has 2 rings (SSSR count). The fourth-order valence-electron chi connectivity index (χ4n) is 2.08. The summed E-state index contributed by atoms with van der Waals surface area (Å²) in [5.74, 6) is -0.397. The number of carbonyl (C=O) groups is 1. The van der Waals surface area contributed by atoms with Gasteiger partial charge in [-0.3, -0.25) is 4.79 Å². The number of hydrogen-bond donors (Lipinski definition) is 1. The first-order valence-corrected chi connectivity index (χ1v) is 5.83. The minimum absolute atomic E-state index is 0.0765. The van der Waals surface area contributed by atoms with Crippen molar-refractivity contribution in [1.29, 1.82) is 0 Å². The third-order valence-electron chi connectivity index (χ3n) is 3.08. The molecule has 0 aromatic heterocycles. The van der Waals surface area contributed by atoms with Crippen LogP contribution >= 0.6 is 0 Å². The summed E-state index contributed by atoms with van der Waals surface area (Å²) in [6.45, 7) is 5.84. The summed E-state index contributed by atoms with van der Waals surface area (Å²) in [5, 5.41) is 0. The summed E-state index contributed by atoms with van der Waals surface area (Å²) < 4.78 is 13.7. The van der Waals surface area contributed by atoms with Crippen molar-refractivity contribution in [3.05, 3.63) is 36.7 Å². The van der Waals surface area contributed by atoms with Crippen LogP contribution in [0.1, 0.15) is 0 Å². The molecule has 18 heavy (non-hydrogen) atoms. The molecule has 96 valence electrons. The number of benzene rings is 1. The highest BCUT2D eigenvalue weighted by atomic mass is 19.1. The lowest BCUT2D eigenvalue weighted by molar-refractivity contribution is -0.126. The van der Waals surface area contributed by atoms with Gasteiger partial charge in [0.2, 0.25) is 5.91 Å². The molecule has 5 heteroatoms. The Kier molecular flexibility index (Phi) is 3.50. The van der Waals surface area contributed by atoms with Crippen molar-refractivity contribution in [2.24, 2.45) is 0 Å². The van der Waals surface area contributed by atoms with E-state index in [-0.39, 0.29) is 11.7 Å². The lowest BCUT2D eigenvalue weighted by atomic mass is 10.2. The number of halogens is 1. The van der Waals surface area contributed by atoms with E-state index in [2.05, 4.69) is 6.58 Å². The molecule has 1 aliphatic heterocycles. The van der Waals surface area contributed by atoms with Crippen LogP contribution in [0.25, 0.3) is 0 Å². The highest BCUT2D eigenvalue weighted by Gasteiger charge is 2.21. The van der Waals surface area contributed by atoms with Gasteiger partial charge < -0.3 is 15.5 Å². The molecular weight excluding hydrogens is 233 g/mol. The highest BCUT2D eigenvalue weighted by molar-refractivity contribution is 5.87. The Labute approximate surface area is 105 Å². The van der Waals surface area contributed by atoms with Crippen LogP contribution in [0.2, 0.25) is 0 Å². The number of carbonyl (C=O) groups excluding carboxylic acids is 1. The van der Waals surface area contributed by atoms with Gasteiger partial charge in [0.1, 0.15) is 5.82 Å². The van der Waals surface area contributed by atoms with Crippen molar-refractivity contribution in [3.63, 3.8) is 0 Å². The van der Waals surface area contributed by atoms with Gasteiger partial charge in [-0.2, -0.15) is 0 Å². The summed E-state index contributed by atoms with van der Waals surface area (Å²) in [5.41, 5.74) is 6.46. The molecule has 1 aromatic carbocycles. The van der Waals surface area contributed by atoms with E-state index in [0.29, 0.717) is 37.6 Å². The second kappa shape index (κ2) is 5.08. The first-order valence-electron chi connectivity index (χ1n) is 5.83. The molecule has 0 bridgehead atoms. The van der Waals surface area contributed by atoms with Crippen LogP contribution in [0.4, 0.5) is 15.8 Å².